The van der Waals surface area contributed by atoms with Crippen molar-refractivity contribution in [2.75, 3.05) is 13.1 Å². The normalized spacial score (nSPS) is 17.2. The molecule has 3 aromatic rings. The van der Waals surface area contributed by atoms with Crippen LogP contribution < -0.4 is 0 Å². The van der Waals surface area contributed by atoms with Crippen LogP contribution in [0, 0.1) is 0 Å². The van der Waals surface area contributed by atoms with Gasteiger partial charge in [0.15, 0.2) is 0 Å². The van der Waals surface area contributed by atoms with E-state index < -0.39 is 0 Å². The minimum Gasteiger partial charge on any atom is -0.338 e. The minimum atomic E-state index is 0.112. The maximum atomic E-state index is 12.7. The number of hydrogen-bond acceptors (Lipinski definition) is 2. The van der Waals surface area contributed by atoms with Crippen LogP contribution in [0.3, 0.4) is 0 Å². The van der Waals surface area contributed by atoms with E-state index in [1.807, 2.05) is 47.5 Å². The highest BCUT2D eigenvalue weighted by Gasteiger charge is 2.27. The van der Waals surface area contributed by atoms with Gasteiger partial charge in [0.2, 0.25) is 0 Å². The molecular weight excluding hydrogens is 298 g/mol. The first-order valence-corrected chi connectivity index (χ1v) is 8.25. The summed E-state index contributed by atoms with van der Waals surface area (Å²) in [6.45, 7) is 1.61. The van der Waals surface area contributed by atoms with Crippen molar-refractivity contribution in [1.29, 1.82) is 0 Å². The fourth-order valence-corrected chi connectivity index (χ4v) is 3.30. The molecule has 2 aromatic carbocycles. The van der Waals surface area contributed by atoms with Crippen LogP contribution in [0.25, 0.3) is 5.69 Å². The van der Waals surface area contributed by atoms with Crippen LogP contribution in [0.5, 0.6) is 0 Å². The molecule has 1 aromatic heterocycles. The lowest BCUT2D eigenvalue weighted by atomic mass is 9.99. The smallest absolute Gasteiger partial charge is 0.253 e. The Labute approximate surface area is 141 Å². The van der Waals surface area contributed by atoms with Gasteiger partial charge in [-0.2, -0.15) is 5.10 Å². The molecule has 4 rings (SSSR count). The molecular formula is C20H19N3O. The molecule has 1 fully saturated rings. The van der Waals surface area contributed by atoms with Gasteiger partial charge in [0.1, 0.15) is 0 Å². The third-order valence-corrected chi connectivity index (χ3v) is 4.63. The van der Waals surface area contributed by atoms with Gasteiger partial charge >= 0.3 is 0 Å². The van der Waals surface area contributed by atoms with Crippen LogP contribution in [0.4, 0.5) is 0 Å². The monoisotopic (exact) mass is 317 g/mol. The van der Waals surface area contributed by atoms with Crippen molar-refractivity contribution in [3.8, 4) is 5.69 Å². The van der Waals surface area contributed by atoms with E-state index in [2.05, 4.69) is 29.4 Å². The van der Waals surface area contributed by atoms with Gasteiger partial charge < -0.3 is 4.90 Å². The molecule has 1 atom stereocenters. The molecule has 1 aliphatic heterocycles. The van der Waals surface area contributed by atoms with E-state index in [9.17, 15) is 4.79 Å². The summed E-state index contributed by atoms with van der Waals surface area (Å²) in [5, 5.41) is 4.20. The van der Waals surface area contributed by atoms with Crippen LogP contribution in [0.2, 0.25) is 0 Å². The molecule has 4 nitrogen and oxygen atoms in total. The molecule has 0 N–H and O–H groups in total. The Balaban J connectivity index is 1.46. The lowest BCUT2D eigenvalue weighted by Crippen LogP contribution is -2.28. The molecule has 0 spiro atoms. The highest BCUT2D eigenvalue weighted by molar-refractivity contribution is 5.94. The third-order valence-electron chi connectivity index (χ3n) is 4.63. The number of likely N-dealkylation sites (tertiary alicyclic amines) is 1. The molecule has 1 saturated heterocycles. The number of carbonyl (C=O) groups excluding carboxylic acids is 1. The summed E-state index contributed by atoms with van der Waals surface area (Å²) in [4.78, 5) is 14.7. The molecule has 4 heteroatoms. The first kappa shape index (κ1) is 14.7. The molecule has 1 amide bonds. The van der Waals surface area contributed by atoms with Gasteiger partial charge in [-0.15, -0.1) is 0 Å². The molecule has 0 bridgehead atoms. The molecule has 0 aliphatic carbocycles. The molecule has 1 aliphatic rings. The lowest BCUT2D eigenvalue weighted by Gasteiger charge is -2.17. The lowest BCUT2D eigenvalue weighted by molar-refractivity contribution is 0.0791. The van der Waals surface area contributed by atoms with Crippen LogP contribution in [0.1, 0.15) is 28.3 Å². The predicted molar refractivity (Wildman–Crippen MR) is 93.3 cm³/mol. The van der Waals surface area contributed by atoms with Gasteiger partial charge in [-0.25, -0.2) is 4.68 Å². The maximum absolute atomic E-state index is 12.7. The fraction of sp³-hybridized carbons (Fsp3) is 0.200. The number of hydrogen-bond donors (Lipinski definition) is 0. The number of carbonyl (C=O) groups is 1. The minimum absolute atomic E-state index is 0.112. The Morgan fingerprint density at radius 3 is 2.50 bits per heavy atom. The van der Waals surface area contributed by atoms with Crippen LogP contribution >= 0.6 is 0 Å². The number of benzene rings is 2. The highest BCUT2D eigenvalue weighted by atomic mass is 16.2. The van der Waals surface area contributed by atoms with Crippen molar-refractivity contribution in [1.82, 2.24) is 14.7 Å². The van der Waals surface area contributed by atoms with E-state index in [1.54, 1.807) is 10.9 Å². The summed E-state index contributed by atoms with van der Waals surface area (Å²) >= 11 is 0. The first-order chi connectivity index (χ1) is 11.8. The summed E-state index contributed by atoms with van der Waals surface area (Å²) in [5.41, 5.74) is 3.02. The zero-order valence-corrected chi connectivity index (χ0v) is 13.4. The Hall–Kier alpha value is -2.88. The van der Waals surface area contributed by atoms with Gasteiger partial charge in [-0.3, -0.25) is 4.79 Å². The van der Waals surface area contributed by atoms with Crippen LogP contribution in [0.15, 0.2) is 73.1 Å². The second kappa shape index (κ2) is 6.32. The number of nitrogens with zero attached hydrogens (tertiary/aromatic N) is 3. The van der Waals surface area contributed by atoms with Gasteiger partial charge in [0, 0.05) is 37.0 Å². The summed E-state index contributed by atoms with van der Waals surface area (Å²) < 4.78 is 1.79. The van der Waals surface area contributed by atoms with Gasteiger partial charge in [0.05, 0.1) is 5.69 Å². The van der Waals surface area contributed by atoms with Gasteiger partial charge in [0.25, 0.3) is 5.91 Å². The van der Waals surface area contributed by atoms with E-state index >= 15 is 0 Å². The van der Waals surface area contributed by atoms with Crippen molar-refractivity contribution in [3.05, 3.63) is 84.2 Å². The Morgan fingerprint density at radius 2 is 1.79 bits per heavy atom. The number of amides is 1. The zero-order chi connectivity index (χ0) is 16.4. The second-order valence-corrected chi connectivity index (χ2v) is 6.14. The average Bonchev–Trinajstić information content (AvgIpc) is 3.34. The topological polar surface area (TPSA) is 38.1 Å². The Morgan fingerprint density at radius 1 is 1.00 bits per heavy atom. The molecule has 0 radical (unpaired) electrons. The quantitative estimate of drug-likeness (QED) is 0.741. The van der Waals surface area contributed by atoms with Gasteiger partial charge in [-0.1, -0.05) is 30.3 Å². The standard InChI is InChI=1S/C20H19N3O/c24-20(17-7-9-19(10-8-17)23-13-4-12-21-23)22-14-11-18(15-22)16-5-2-1-3-6-16/h1-10,12-13,18H,11,14-15H2. The van der Waals surface area contributed by atoms with Crippen molar-refractivity contribution in [2.24, 2.45) is 0 Å². The second-order valence-electron chi connectivity index (χ2n) is 6.14. The first-order valence-electron chi connectivity index (χ1n) is 8.25. The maximum Gasteiger partial charge on any atom is 0.253 e. The highest BCUT2D eigenvalue weighted by Crippen LogP contribution is 2.28. The van der Waals surface area contributed by atoms with Gasteiger partial charge in [-0.05, 0) is 42.3 Å². The number of aromatic nitrogens is 2. The van der Waals surface area contributed by atoms with E-state index in [0.717, 1.165) is 30.8 Å². The van der Waals surface area contributed by atoms with Crippen molar-refractivity contribution >= 4 is 5.91 Å². The van der Waals surface area contributed by atoms with Crippen molar-refractivity contribution in [2.45, 2.75) is 12.3 Å². The molecule has 120 valence electrons. The molecule has 2 heterocycles. The third kappa shape index (κ3) is 2.83. The van der Waals surface area contributed by atoms with E-state index in [4.69, 9.17) is 0 Å². The summed E-state index contributed by atoms with van der Waals surface area (Å²) in [6.07, 6.45) is 4.66. The van der Waals surface area contributed by atoms with Crippen LogP contribution in [-0.4, -0.2) is 33.7 Å². The van der Waals surface area contributed by atoms with Crippen molar-refractivity contribution < 1.29 is 4.79 Å². The fourth-order valence-electron chi connectivity index (χ4n) is 3.30. The van der Waals surface area contributed by atoms with E-state index in [1.165, 1.54) is 5.56 Å². The zero-order valence-electron chi connectivity index (χ0n) is 13.4. The van der Waals surface area contributed by atoms with Crippen molar-refractivity contribution in [3.63, 3.8) is 0 Å². The summed E-state index contributed by atoms with van der Waals surface area (Å²) in [5.74, 6) is 0.555. The van der Waals surface area contributed by atoms with E-state index in [0.29, 0.717) is 5.92 Å². The predicted octanol–water partition coefficient (Wildman–Crippen LogP) is 3.50. The molecule has 1 unspecified atom stereocenters. The molecule has 24 heavy (non-hydrogen) atoms. The Kier molecular flexibility index (Phi) is 3.87. The van der Waals surface area contributed by atoms with E-state index in [-0.39, 0.29) is 5.91 Å². The Bertz CT molecular complexity index is 810. The summed E-state index contributed by atoms with van der Waals surface area (Å²) in [6, 6.07) is 20.0. The SMILES string of the molecule is O=C(c1ccc(-n2cccn2)cc1)N1CCC(c2ccccc2)C1. The largest absolute Gasteiger partial charge is 0.338 e. The average molecular weight is 317 g/mol. The van der Waals surface area contributed by atoms with Crippen LogP contribution in [-0.2, 0) is 0 Å². The number of rotatable bonds is 3. The molecule has 0 saturated carbocycles. The summed E-state index contributed by atoms with van der Waals surface area (Å²) in [7, 11) is 0.